The molecule has 2 saturated heterocycles. The molecule has 11 heteroatoms. The van der Waals surface area contributed by atoms with Gasteiger partial charge in [-0.2, -0.15) is 0 Å². The first kappa shape index (κ1) is 27.2. The molecule has 0 saturated carbocycles. The van der Waals surface area contributed by atoms with E-state index in [0.29, 0.717) is 58.0 Å². The van der Waals surface area contributed by atoms with Crippen LogP contribution in [-0.4, -0.2) is 77.1 Å². The number of thioether (sulfide) groups is 1. The molecule has 2 fully saturated rings. The third-order valence-corrected chi connectivity index (χ3v) is 7.34. The second-order valence-electron chi connectivity index (χ2n) is 8.51. The monoisotopic (exact) mass is 548 g/mol. The van der Waals surface area contributed by atoms with E-state index in [2.05, 4.69) is 4.90 Å². The van der Waals surface area contributed by atoms with Gasteiger partial charge in [0.05, 0.1) is 18.1 Å². The van der Waals surface area contributed by atoms with E-state index >= 15 is 0 Å². The molecule has 0 bridgehead atoms. The Bertz CT molecular complexity index is 1220. The third kappa shape index (κ3) is 7.13. The van der Waals surface area contributed by atoms with Crippen LogP contribution in [0.2, 0.25) is 0 Å². The molecule has 0 radical (unpaired) electrons. The van der Waals surface area contributed by atoms with Crippen molar-refractivity contribution in [3.8, 4) is 16.9 Å². The Morgan fingerprint density at radius 2 is 1.84 bits per heavy atom. The lowest BCUT2D eigenvalue weighted by molar-refractivity contribution is -0.137. The number of carboxylic acid groups (broad SMARTS) is 1. The van der Waals surface area contributed by atoms with Crippen molar-refractivity contribution in [2.75, 3.05) is 46.0 Å². The number of nitrogens with zero attached hydrogens (tertiary/aromatic N) is 2. The van der Waals surface area contributed by atoms with Crippen LogP contribution in [0.4, 0.5) is 8.78 Å². The summed E-state index contributed by atoms with van der Waals surface area (Å²) in [5, 5.41) is 8.88. The van der Waals surface area contributed by atoms with Crippen LogP contribution in [0.25, 0.3) is 17.2 Å². The first-order valence-electron chi connectivity index (χ1n) is 11.8. The molecule has 2 heterocycles. The zero-order valence-electron chi connectivity index (χ0n) is 20.0. The number of carboxylic acids is 1. The van der Waals surface area contributed by atoms with Gasteiger partial charge in [0, 0.05) is 38.2 Å². The number of morpholine rings is 1. The van der Waals surface area contributed by atoms with Gasteiger partial charge < -0.3 is 14.6 Å². The van der Waals surface area contributed by atoms with E-state index in [1.54, 1.807) is 24.3 Å². The summed E-state index contributed by atoms with van der Waals surface area (Å²) in [5.41, 5.74) is 1.70. The molecule has 0 aliphatic carbocycles. The summed E-state index contributed by atoms with van der Waals surface area (Å²) in [7, 11) is 0. The van der Waals surface area contributed by atoms with E-state index in [-0.39, 0.29) is 25.3 Å². The second kappa shape index (κ2) is 12.6. The van der Waals surface area contributed by atoms with E-state index in [0.717, 1.165) is 37.0 Å². The Labute approximate surface area is 223 Å². The van der Waals surface area contributed by atoms with Gasteiger partial charge in [-0.15, -0.1) is 0 Å². The van der Waals surface area contributed by atoms with Crippen molar-refractivity contribution in [3.05, 3.63) is 58.5 Å². The molecule has 0 unspecified atom stereocenters. The lowest BCUT2D eigenvalue weighted by atomic mass is 10.0. The van der Waals surface area contributed by atoms with Crippen molar-refractivity contribution in [2.24, 2.45) is 0 Å². The molecule has 2 aliphatic rings. The second-order valence-corrected chi connectivity index (χ2v) is 10.2. The van der Waals surface area contributed by atoms with E-state index in [1.165, 1.54) is 11.0 Å². The maximum absolute atomic E-state index is 13.9. The predicted molar refractivity (Wildman–Crippen MR) is 141 cm³/mol. The highest BCUT2D eigenvalue weighted by atomic mass is 32.2. The molecule has 196 valence electrons. The Balaban J connectivity index is 1.58. The van der Waals surface area contributed by atoms with Crippen LogP contribution in [0.1, 0.15) is 18.4 Å². The fraction of sp³-hybridized carbons (Fsp3) is 0.346. The van der Waals surface area contributed by atoms with Crippen LogP contribution in [0.15, 0.2) is 41.3 Å². The minimum atomic E-state index is -0.952. The number of ether oxygens (including phenoxy) is 2. The summed E-state index contributed by atoms with van der Waals surface area (Å²) < 4.78 is 39.1. The molecular weight excluding hydrogens is 522 g/mol. The SMILES string of the molecule is O=C(O)CCCN1C(=O)C(=Cc2cc(-c3ccc(F)c(F)c3)ccc2OCCN2CCOCC2)SC1=S. The predicted octanol–water partition coefficient (Wildman–Crippen LogP) is 4.41. The minimum Gasteiger partial charge on any atom is -0.492 e. The maximum atomic E-state index is 13.9. The van der Waals surface area contributed by atoms with Gasteiger partial charge in [-0.3, -0.25) is 19.4 Å². The lowest BCUT2D eigenvalue weighted by Crippen LogP contribution is -2.38. The fourth-order valence-electron chi connectivity index (χ4n) is 3.98. The standard InChI is InChI=1S/C26H26F2N2O5S2/c27-20-5-3-18(15-21(20)28)17-4-6-22(35-13-10-29-8-11-34-12-9-29)19(14-17)16-23-25(33)30(26(36)37-23)7-1-2-24(31)32/h3-6,14-16H,1-2,7-13H2,(H,31,32). The number of halogens is 2. The van der Waals surface area contributed by atoms with Gasteiger partial charge in [0.25, 0.3) is 5.91 Å². The van der Waals surface area contributed by atoms with Crippen molar-refractivity contribution in [2.45, 2.75) is 12.8 Å². The van der Waals surface area contributed by atoms with Gasteiger partial charge in [0.1, 0.15) is 16.7 Å². The van der Waals surface area contributed by atoms with Gasteiger partial charge >= 0.3 is 5.97 Å². The number of thiocarbonyl (C=S) groups is 1. The lowest BCUT2D eigenvalue weighted by Gasteiger charge is -2.26. The van der Waals surface area contributed by atoms with Gasteiger partial charge in [0.2, 0.25) is 0 Å². The number of hydrogen-bond acceptors (Lipinski definition) is 7. The molecule has 0 aromatic heterocycles. The Morgan fingerprint density at radius 1 is 1.11 bits per heavy atom. The number of carbonyl (C=O) groups is 2. The first-order valence-corrected chi connectivity index (χ1v) is 13.0. The van der Waals surface area contributed by atoms with Crippen molar-refractivity contribution in [3.63, 3.8) is 0 Å². The van der Waals surface area contributed by atoms with E-state index in [9.17, 15) is 18.4 Å². The minimum absolute atomic E-state index is 0.0620. The average Bonchev–Trinajstić information content (AvgIpc) is 3.14. The number of hydrogen-bond donors (Lipinski definition) is 1. The Morgan fingerprint density at radius 3 is 2.57 bits per heavy atom. The fourth-order valence-corrected chi connectivity index (χ4v) is 5.28. The van der Waals surface area contributed by atoms with Crippen LogP contribution in [0.3, 0.4) is 0 Å². The normalized spacial score (nSPS) is 17.6. The first-order chi connectivity index (χ1) is 17.8. The van der Waals surface area contributed by atoms with E-state index in [4.69, 9.17) is 26.8 Å². The highest BCUT2D eigenvalue weighted by Crippen LogP contribution is 2.36. The van der Waals surface area contributed by atoms with Gasteiger partial charge in [0.15, 0.2) is 11.6 Å². The summed E-state index contributed by atoms with van der Waals surface area (Å²) in [4.78, 5) is 27.9. The summed E-state index contributed by atoms with van der Waals surface area (Å²) in [6.07, 6.45) is 1.90. The van der Waals surface area contributed by atoms with Crippen molar-refractivity contribution in [1.82, 2.24) is 9.80 Å². The average molecular weight is 549 g/mol. The number of aliphatic carboxylic acids is 1. The quantitative estimate of drug-likeness (QED) is 0.346. The molecule has 1 N–H and O–H groups in total. The highest BCUT2D eigenvalue weighted by molar-refractivity contribution is 8.26. The Hall–Kier alpha value is -2.86. The molecule has 4 rings (SSSR count). The number of carbonyl (C=O) groups excluding carboxylic acids is 1. The molecule has 0 spiro atoms. The van der Waals surface area contributed by atoms with Crippen LogP contribution >= 0.6 is 24.0 Å². The van der Waals surface area contributed by atoms with E-state index < -0.39 is 17.6 Å². The molecule has 0 atom stereocenters. The third-order valence-electron chi connectivity index (χ3n) is 5.96. The molecule has 2 aromatic carbocycles. The van der Waals surface area contributed by atoms with Crippen molar-refractivity contribution >= 4 is 46.3 Å². The van der Waals surface area contributed by atoms with Crippen LogP contribution in [-0.2, 0) is 14.3 Å². The Kier molecular flexibility index (Phi) is 9.25. The highest BCUT2D eigenvalue weighted by Gasteiger charge is 2.32. The zero-order valence-corrected chi connectivity index (χ0v) is 21.6. The number of benzene rings is 2. The molecule has 37 heavy (non-hydrogen) atoms. The molecular formula is C26H26F2N2O5S2. The zero-order chi connectivity index (χ0) is 26.4. The largest absolute Gasteiger partial charge is 0.492 e. The maximum Gasteiger partial charge on any atom is 0.303 e. The number of amides is 1. The van der Waals surface area contributed by atoms with Crippen LogP contribution < -0.4 is 4.74 Å². The topological polar surface area (TPSA) is 79.3 Å². The van der Waals surface area contributed by atoms with Gasteiger partial charge in [-0.1, -0.05) is 36.1 Å². The summed E-state index contributed by atoms with van der Waals surface area (Å²) in [5.74, 6) is -2.59. The summed E-state index contributed by atoms with van der Waals surface area (Å²) in [6.45, 7) is 4.36. The molecule has 2 aromatic rings. The van der Waals surface area contributed by atoms with E-state index in [1.807, 2.05) is 0 Å². The number of rotatable bonds is 10. The smallest absolute Gasteiger partial charge is 0.303 e. The summed E-state index contributed by atoms with van der Waals surface area (Å²) in [6, 6.07) is 8.93. The van der Waals surface area contributed by atoms with Crippen molar-refractivity contribution in [1.29, 1.82) is 0 Å². The molecule has 2 aliphatic heterocycles. The van der Waals surface area contributed by atoms with Gasteiger partial charge in [-0.25, -0.2) is 8.78 Å². The van der Waals surface area contributed by atoms with Crippen LogP contribution in [0.5, 0.6) is 5.75 Å². The van der Waals surface area contributed by atoms with Gasteiger partial charge in [-0.05, 0) is 47.9 Å². The molecule has 1 amide bonds. The summed E-state index contributed by atoms with van der Waals surface area (Å²) >= 11 is 6.48. The van der Waals surface area contributed by atoms with Crippen molar-refractivity contribution < 1.29 is 33.0 Å². The van der Waals surface area contributed by atoms with Crippen LogP contribution in [0, 0.1) is 11.6 Å². The molecule has 7 nitrogen and oxygen atoms in total.